The maximum Gasteiger partial charge on any atom is 0.150 e. The Morgan fingerprint density at radius 1 is 1.11 bits per heavy atom. The van der Waals surface area contributed by atoms with E-state index in [2.05, 4.69) is 17.1 Å². The Balaban J connectivity index is 2.50. The van der Waals surface area contributed by atoms with Gasteiger partial charge < -0.3 is 4.90 Å². The second-order valence-electron chi connectivity index (χ2n) is 4.16. The number of pyridine rings is 1. The standard InChI is InChI=1S/C15H12N4/c1-11-6-7-13(10-17)15(18-11)19(2)14-5-3-4-12(8-14)9-16/h3-8H,1-2H3. The van der Waals surface area contributed by atoms with Gasteiger partial charge in [0.25, 0.3) is 0 Å². The molecule has 0 amide bonds. The first kappa shape index (κ1) is 12.6. The highest BCUT2D eigenvalue weighted by atomic mass is 15.2. The van der Waals surface area contributed by atoms with E-state index in [9.17, 15) is 0 Å². The Hall–Kier alpha value is -2.85. The molecule has 0 spiro atoms. The number of aromatic nitrogens is 1. The maximum absolute atomic E-state index is 9.14. The molecule has 0 N–H and O–H groups in total. The Kier molecular flexibility index (Phi) is 3.45. The van der Waals surface area contributed by atoms with Gasteiger partial charge in [0.15, 0.2) is 5.82 Å². The van der Waals surface area contributed by atoms with E-state index in [1.54, 1.807) is 18.2 Å². The van der Waals surface area contributed by atoms with Crippen molar-refractivity contribution >= 4 is 11.5 Å². The Labute approximate surface area is 112 Å². The minimum Gasteiger partial charge on any atom is -0.328 e. The van der Waals surface area contributed by atoms with Gasteiger partial charge in [-0.15, -0.1) is 0 Å². The van der Waals surface area contributed by atoms with Gasteiger partial charge in [0.05, 0.1) is 17.2 Å². The average Bonchev–Trinajstić information content (AvgIpc) is 2.46. The average molecular weight is 248 g/mol. The van der Waals surface area contributed by atoms with Gasteiger partial charge in [-0.05, 0) is 37.3 Å². The molecule has 0 atom stereocenters. The molecule has 1 heterocycles. The van der Waals surface area contributed by atoms with Crippen LogP contribution in [0, 0.1) is 29.6 Å². The van der Waals surface area contributed by atoms with Gasteiger partial charge in [0.1, 0.15) is 6.07 Å². The van der Waals surface area contributed by atoms with Crippen LogP contribution in [0.2, 0.25) is 0 Å². The van der Waals surface area contributed by atoms with Crippen LogP contribution in [0.25, 0.3) is 0 Å². The zero-order valence-corrected chi connectivity index (χ0v) is 10.8. The molecule has 4 nitrogen and oxygen atoms in total. The minimum absolute atomic E-state index is 0.510. The van der Waals surface area contributed by atoms with Crippen molar-refractivity contribution in [3.63, 3.8) is 0 Å². The van der Waals surface area contributed by atoms with E-state index in [1.165, 1.54) is 0 Å². The van der Waals surface area contributed by atoms with Gasteiger partial charge in [-0.3, -0.25) is 0 Å². The Morgan fingerprint density at radius 2 is 1.89 bits per heavy atom. The van der Waals surface area contributed by atoms with Crippen LogP contribution in [0.4, 0.5) is 11.5 Å². The molecular formula is C15H12N4. The number of anilines is 2. The van der Waals surface area contributed by atoms with Crippen LogP contribution < -0.4 is 4.90 Å². The van der Waals surface area contributed by atoms with Gasteiger partial charge in [-0.1, -0.05) is 6.07 Å². The number of benzene rings is 1. The second-order valence-corrected chi connectivity index (χ2v) is 4.16. The smallest absolute Gasteiger partial charge is 0.150 e. The van der Waals surface area contributed by atoms with E-state index >= 15 is 0 Å². The van der Waals surface area contributed by atoms with Gasteiger partial charge in [-0.25, -0.2) is 4.98 Å². The number of nitrogens with zero attached hydrogens (tertiary/aromatic N) is 4. The van der Waals surface area contributed by atoms with Crippen molar-refractivity contribution in [2.75, 3.05) is 11.9 Å². The molecule has 92 valence electrons. The lowest BCUT2D eigenvalue weighted by Crippen LogP contribution is -2.13. The van der Waals surface area contributed by atoms with E-state index in [-0.39, 0.29) is 0 Å². The van der Waals surface area contributed by atoms with Crippen LogP contribution >= 0.6 is 0 Å². The highest BCUT2D eigenvalue weighted by molar-refractivity contribution is 5.66. The molecule has 0 unspecified atom stereocenters. The number of hydrogen-bond acceptors (Lipinski definition) is 4. The first-order valence-corrected chi connectivity index (χ1v) is 5.77. The SMILES string of the molecule is Cc1ccc(C#N)c(N(C)c2cccc(C#N)c2)n1. The van der Waals surface area contributed by atoms with Gasteiger partial charge in [-0.2, -0.15) is 10.5 Å². The summed E-state index contributed by atoms with van der Waals surface area (Å²) < 4.78 is 0. The quantitative estimate of drug-likeness (QED) is 0.819. The molecule has 0 bridgehead atoms. The van der Waals surface area contributed by atoms with Gasteiger partial charge in [0.2, 0.25) is 0 Å². The summed E-state index contributed by atoms with van der Waals surface area (Å²) in [6.45, 7) is 1.88. The molecule has 2 rings (SSSR count). The number of aryl methyl sites for hydroxylation is 1. The fourth-order valence-electron chi connectivity index (χ4n) is 1.79. The zero-order valence-electron chi connectivity index (χ0n) is 10.8. The lowest BCUT2D eigenvalue weighted by atomic mass is 10.2. The third-order valence-corrected chi connectivity index (χ3v) is 2.82. The van der Waals surface area contributed by atoms with Crippen molar-refractivity contribution in [2.45, 2.75) is 6.92 Å². The summed E-state index contributed by atoms with van der Waals surface area (Å²) in [6.07, 6.45) is 0. The van der Waals surface area contributed by atoms with Crippen LogP contribution in [0.5, 0.6) is 0 Å². The van der Waals surface area contributed by atoms with Gasteiger partial charge in [0, 0.05) is 18.4 Å². The fourth-order valence-corrected chi connectivity index (χ4v) is 1.79. The first-order valence-electron chi connectivity index (χ1n) is 5.77. The van der Waals surface area contributed by atoms with E-state index in [4.69, 9.17) is 10.5 Å². The molecule has 2 aromatic rings. The molecule has 0 fully saturated rings. The summed E-state index contributed by atoms with van der Waals surface area (Å²) in [5, 5.41) is 18.1. The summed E-state index contributed by atoms with van der Waals surface area (Å²) in [5.74, 6) is 0.595. The van der Waals surface area contributed by atoms with Crippen LogP contribution in [-0.4, -0.2) is 12.0 Å². The summed E-state index contributed by atoms with van der Waals surface area (Å²) in [5.41, 5.74) is 2.76. The van der Waals surface area contributed by atoms with Crippen molar-refractivity contribution in [3.8, 4) is 12.1 Å². The minimum atomic E-state index is 0.510. The fraction of sp³-hybridized carbons (Fsp3) is 0.133. The van der Waals surface area contributed by atoms with Crippen molar-refractivity contribution in [1.82, 2.24) is 4.98 Å². The monoisotopic (exact) mass is 248 g/mol. The van der Waals surface area contributed by atoms with Gasteiger partial charge >= 0.3 is 0 Å². The molecule has 4 heteroatoms. The van der Waals surface area contributed by atoms with Crippen molar-refractivity contribution < 1.29 is 0 Å². The molecule has 0 aliphatic heterocycles. The van der Waals surface area contributed by atoms with E-state index in [0.29, 0.717) is 16.9 Å². The normalized spacial score (nSPS) is 9.47. The lowest BCUT2D eigenvalue weighted by molar-refractivity contribution is 1.08. The zero-order chi connectivity index (χ0) is 13.8. The molecule has 0 aliphatic carbocycles. The van der Waals surface area contributed by atoms with Crippen LogP contribution in [-0.2, 0) is 0 Å². The van der Waals surface area contributed by atoms with Crippen LogP contribution in [0.15, 0.2) is 36.4 Å². The molecule has 0 saturated heterocycles. The van der Waals surface area contributed by atoms with Crippen molar-refractivity contribution in [1.29, 1.82) is 10.5 Å². The third-order valence-electron chi connectivity index (χ3n) is 2.82. The summed E-state index contributed by atoms with van der Waals surface area (Å²) in [6, 6.07) is 15.0. The number of nitriles is 2. The molecular weight excluding hydrogens is 236 g/mol. The highest BCUT2D eigenvalue weighted by Crippen LogP contribution is 2.25. The van der Waals surface area contributed by atoms with Crippen LogP contribution in [0.1, 0.15) is 16.8 Å². The number of hydrogen-bond donors (Lipinski definition) is 0. The van der Waals surface area contributed by atoms with E-state index in [1.807, 2.05) is 37.1 Å². The second kappa shape index (κ2) is 5.20. The lowest BCUT2D eigenvalue weighted by Gasteiger charge is -2.20. The predicted octanol–water partition coefficient (Wildman–Crippen LogP) is 2.90. The number of rotatable bonds is 2. The third kappa shape index (κ3) is 2.53. The largest absolute Gasteiger partial charge is 0.328 e. The van der Waals surface area contributed by atoms with Crippen LogP contribution in [0.3, 0.4) is 0 Å². The Bertz CT molecular complexity index is 692. The summed E-state index contributed by atoms with van der Waals surface area (Å²) in [7, 11) is 1.83. The molecule has 19 heavy (non-hydrogen) atoms. The molecule has 0 saturated carbocycles. The first-order chi connectivity index (χ1) is 9.15. The van der Waals surface area contributed by atoms with E-state index in [0.717, 1.165) is 11.4 Å². The molecule has 0 aliphatic rings. The topological polar surface area (TPSA) is 63.7 Å². The van der Waals surface area contributed by atoms with E-state index < -0.39 is 0 Å². The summed E-state index contributed by atoms with van der Waals surface area (Å²) >= 11 is 0. The Morgan fingerprint density at radius 3 is 2.58 bits per heavy atom. The maximum atomic E-state index is 9.14. The summed E-state index contributed by atoms with van der Waals surface area (Å²) in [4.78, 5) is 6.21. The molecule has 0 radical (unpaired) electrons. The van der Waals surface area contributed by atoms with Crippen molar-refractivity contribution in [3.05, 3.63) is 53.2 Å². The highest BCUT2D eigenvalue weighted by Gasteiger charge is 2.11. The molecule has 1 aromatic carbocycles. The van der Waals surface area contributed by atoms with Crippen molar-refractivity contribution in [2.24, 2.45) is 0 Å². The predicted molar refractivity (Wildman–Crippen MR) is 72.9 cm³/mol. The molecule has 1 aromatic heterocycles.